The predicted octanol–water partition coefficient (Wildman–Crippen LogP) is 4.93. The van der Waals surface area contributed by atoms with Crippen molar-refractivity contribution in [2.45, 2.75) is 39.2 Å². The zero-order valence-electron chi connectivity index (χ0n) is 21.8. The van der Waals surface area contributed by atoms with Crippen LogP contribution in [0.15, 0.2) is 61.1 Å². The minimum Gasteiger partial charge on any atom is -0.444 e. The van der Waals surface area contributed by atoms with E-state index in [9.17, 15) is 9.59 Å². The monoisotopic (exact) mass is 502 g/mol. The van der Waals surface area contributed by atoms with Crippen LogP contribution in [-0.2, 0) is 4.74 Å². The van der Waals surface area contributed by atoms with E-state index in [-0.39, 0.29) is 11.9 Å². The number of aromatic nitrogens is 3. The van der Waals surface area contributed by atoms with Crippen molar-refractivity contribution in [1.29, 1.82) is 0 Å². The standard InChI is InChI=1S/C28H34N6O3/c1-28(2,3)37-27(36)34-15-12-20(13-16-34)18-33(4)25-17-24(30-19-31-25)32-22-10-6-5-9-21(22)26(35)23-11-7-8-14-29-23/h5-11,14,17,19-20H,12-13,15-16,18H2,1-4H3,(H,30,31,32). The molecule has 0 spiro atoms. The van der Waals surface area contributed by atoms with E-state index in [1.165, 1.54) is 6.33 Å². The van der Waals surface area contributed by atoms with E-state index in [0.29, 0.717) is 41.8 Å². The summed E-state index contributed by atoms with van der Waals surface area (Å²) in [5, 5.41) is 3.27. The highest BCUT2D eigenvalue weighted by Crippen LogP contribution is 2.25. The fraction of sp³-hybridized carbons (Fsp3) is 0.393. The summed E-state index contributed by atoms with van der Waals surface area (Å²) in [7, 11) is 2.00. The number of rotatable bonds is 7. The molecule has 1 aliphatic heterocycles. The van der Waals surface area contributed by atoms with E-state index in [1.807, 2.05) is 52.1 Å². The molecular formula is C28H34N6O3. The molecule has 0 saturated carbocycles. The number of hydrogen-bond donors (Lipinski definition) is 1. The second-order valence-corrected chi connectivity index (χ2v) is 10.3. The van der Waals surface area contributed by atoms with Crippen molar-refractivity contribution in [3.05, 3.63) is 72.3 Å². The average molecular weight is 503 g/mol. The first kappa shape index (κ1) is 26.1. The van der Waals surface area contributed by atoms with Crippen LogP contribution in [-0.4, -0.2) is 64.0 Å². The number of likely N-dealkylation sites (tertiary alicyclic amines) is 1. The van der Waals surface area contributed by atoms with Gasteiger partial charge in [-0.2, -0.15) is 0 Å². The molecule has 1 fully saturated rings. The first-order valence-corrected chi connectivity index (χ1v) is 12.5. The van der Waals surface area contributed by atoms with Gasteiger partial charge >= 0.3 is 6.09 Å². The first-order valence-electron chi connectivity index (χ1n) is 12.5. The maximum absolute atomic E-state index is 13.0. The Morgan fingerprint density at radius 3 is 2.49 bits per heavy atom. The van der Waals surface area contributed by atoms with E-state index in [4.69, 9.17) is 4.74 Å². The summed E-state index contributed by atoms with van der Waals surface area (Å²) < 4.78 is 5.50. The van der Waals surface area contributed by atoms with Crippen molar-refractivity contribution in [2.75, 3.05) is 36.9 Å². The molecule has 3 heterocycles. The zero-order chi connectivity index (χ0) is 26.4. The van der Waals surface area contributed by atoms with E-state index >= 15 is 0 Å². The van der Waals surface area contributed by atoms with Gasteiger partial charge in [-0.3, -0.25) is 9.78 Å². The van der Waals surface area contributed by atoms with Crippen molar-refractivity contribution in [3.8, 4) is 0 Å². The van der Waals surface area contributed by atoms with Gasteiger partial charge in [0.1, 0.15) is 29.3 Å². The summed E-state index contributed by atoms with van der Waals surface area (Å²) in [5.74, 6) is 1.65. The SMILES string of the molecule is CN(CC1CCN(C(=O)OC(C)(C)C)CC1)c1cc(Nc2ccccc2C(=O)c2ccccn2)ncn1. The summed E-state index contributed by atoms with van der Waals surface area (Å²) in [6.45, 7) is 7.83. The van der Waals surface area contributed by atoms with Crippen LogP contribution >= 0.6 is 0 Å². The Balaban J connectivity index is 1.38. The van der Waals surface area contributed by atoms with E-state index in [2.05, 4.69) is 25.2 Å². The number of ketones is 1. The molecule has 0 bridgehead atoms. The van der Waals surface area contributed by atoms with Crippen LogP contribution in [0.1, 0.15) is 49.7 Å². The smallest absolute Gasteiger partial charge is 0.410 e. The third-order valence-electron chi connectivity index (χ3n) is 6.17. The Labute approximate surface area is 217 Å². The number of para-hydroxylation sites is 1. The highest BCUT2D eigenvalue weighted by atomic mass is 16.6. The molecule has 0 unspecified atom stereocenters. The largest absolute Gasteiger partial charge is 0.444 e. The van der Waals surface area contributed by atoms with Gasteiger partial charge in [0.25, 0.3) is 0 Å². The first-order chi connectivity index (χ1) is 17.7. The van der Waals surface area contributed by atoms with Gasteiger partial charge < -0.3 is 19.9 Å². The van der Waals surface area contributed by atoms with Crippen LogP contribution in [0.5, 0.6) is 0 Å². The summed E-state index contributed by atoms with van der Waals surface area (Å²) in [5.41, 5.74) is 1.07. The van der Waals surface area contributed by atoms with E-state index in [0.717, 1.165) is 25.2 Å². The number of amides is 1. The molecule has 3 aromatic rings. The van der Waals surface area contributed by atoms with Gasteiger partial charge in [-0.1, -0.05) is 18.2 Å². The summed E-state index contributed by atoms with van der Waals surface area (Å²) in [4.78, 5) is 42.2. The number of carbonyl (C=O) groups excluding carboxylic acids is 2. The number of benzene rings is 1. The average Bonchev–Trinajstić information content (AvgIpc) is 2.89. The molecule has 1 saturated heterocycles. The van der Waals surface area contributed by atoms with Gasteiger partial charge in [0.2, 0.25) is 5.78 Å². The summed E-state index contributed by atoms with van der Waals surface area (Å²) >= 11 is 0. The number of piperidine rings is 1. The van der Waals surface area contributed by atoms with Crippen LogP contribution < -0.4 is 10.2 Å². The number of hydrogen-bond acceptors (Lipinski definition) is 8. The minimum atomic E-state index is -0.487. The van der Waals surface area contributed by atoms with Crippen LogP contribution in [0.4, 0.5) is 22.1 Å². The van der Waals surface area contributed by atoms with E-state index < -0.39 is 5.60 Å². The number of ether oxygens (including phenoxy) is 1. The third kappa shape index (κ3) is 7.03. The minimum absolute atomic E-state index is 0.159. The molecule has 2 aromatic heterocycles. The number of nitrogens with one attached hydrogen (secondary N) is 1. The molecule has 0 aliphatic carbocycles. The lowest BCUT2D eigenvalue weighted by Gasteiger charge is -2.35. The Morgan fingerprint density at radius 1 is 1.05 bits per heavy atom. The Morgan fingerprint density at radius 2 is 1.78 bits per heavy atom. The molecule has 37 heavy (non-hydrogen) atoms. The molecule has 1 amide bonds. The predicted molar refractivity (Wildman–Crippen MR) is 143 cm³/mol. The molecule has 194 valence electrons. The van der Waals surface area contributed by atoms with Crippen molar-refractivity contribution in [2.24, 2.45) is 5.92 Å². The van der Waals surface area contributed by atoms with Gasteiger partial charge in [-0.15, -0.1) is 0 Å². The Bertz CT molecular complexity index is 1220. The second-order valence-electron chi connectivity index (χ2n) is 10.3. The quantitative estimate of drug-likeness (QED) is 0.454. The molecule has 9 nitrogen and oxygen atoms in total. The van der Waals surface area contributed by atoms with Crippen LogP contribution in [0.25, 0.3) is 0 Å². The lowest BCUT2D eigenvalue weighted by molar-refractivity contribution is 0.0186. The molecule has 4 rings (SSSR count). The topological polar surface area (TPSA) is 101 Å². The van der Waals surface area contributed by atoms with Gasteiger partial charge in [0.05, 0.1) is 5.69 Å². The Kier molecular flexibility index (Phi) is 8.01. The lowest BCUT2D eigenvalue weighted by atomic mass is 9.96. The zero-order valence-corrected chi connectivity index (χ0v) is 21.8. The number of anilines is 3. The van der Waals surface area contributed by atoms with Crippen LogP contribution in [0.3, 0.4) is 0 Å². The van der Waals surface area contributed by atoms with Crippen molar-refractivity contribution in [1.82, 2.24) is 19.9 Å². The fourth-order valence-corrected chi connectivity index (χ4v) is 4.29. The molecule has 0 radical (unpaired) electrons. The highest BCUT2D eigenvalue weighted by molar-refractivity contribution is 6.11. The normalized spacial score (nSPS) is 14.2. The molecule has 1 aromatic carbocycles. The van der Waals surface area contributed by atoms with Gasteiger partial charge in [0.15, 0.2) is 0 Å². The van der Waals surface area contributed by atoms with Crippen molar-refractivity contribution in [3.63, 3.8) is 0 Å². The highest BCUT2D eigenvalue weighted by Gasteiger charge is 2.27. The molecule has 1 aliphatic rings. The molecular weight excluding hydrogens is 468 g/mol. The maximum atomic E-state index is 13.0. The summed E-state index contributed by atoms with van der Waals surface area (Å²) in [6, 6.07) is 14.5. The number of nitrogens with zero attached hydrogens (tertiary/aromatic N) is 5. The van der Waals surface area contributed by atoms with Gasteiger partial charge in [-0.05, 0) is 63.8 Å². The Hall–Kier alpha value is -4.01. The lowest BCUT2D eigenvalue weighted by Crippen LogP contribution is -2.43. The maximum Gasteiger partial charge on any atom is 0.410 e. The number of pyridine rings is 1. The van der Waals surface area contributed by atoms with Crippen molar-refractivity contribution < 1.29 is 14.3 Å². The van der Waals surface area contributed by atoms with E-state index in [1.54, 1.807) is 35.4 Å². The van der Waals surface area contributed by atoms with Gasteiger partial charge in [0, 0.05) is 44.5 Å². The molecule has 0 atom stereocenters. The second kappa shape index (κ2) is 11.4. The summed E-state index contributed by atoms with van der Waals surface area (Å²) in [6.07, 6.45) is 4.69. The third-order valence-corrected chi connectivity index (χ3v) is 6.17. The fourth-order valence-electron chi connectivity index (χ4n) is 4.29. The van der Waals surface area contributed by atoms with Crippen LogP contribution in [0, 0.1) is 5.92 Å². The van der Waals surface area contributed by atoms with Gasteiger partial charge in [-0.25, -0.2) is 14.8 Å². The molecule has 1 N–H and O–H groups in total. The number of carbonyl (C=O) groups is 2. The van der Waals surface area contributed by atoms with Crippen LogP contribution in [0.2, 0.25) is 0 Å². The van der Waals surface area contributed by atoms with Crippen molar-refractivity contribution >= 4 is 29.2 Å². The molecule has 9 heteroatoms.